The normalized spacial score (nSPS) is 16.6. The summed E-state index contributed by atoms with van der Waals surface area (Å²) in [4.78, 5) is 12.6. The summed E-state index contributed by atoms with van der Waals surface area (Å²) < 4.78 is 72.9. The van der Waals surface area contributed by atoms with Crippen molar-refractivity contribution in [3.8, 4) is 0 Å². The molecule has 12 heteroatoms. The van der Waals surface area contributed by atoms with Crippen molar-refractivity contribution >= 4 is 21.2 Å². The van der Waals surface area contributed by atoms with Crippen LogP contribution in [0.15, 0.2) is 23.1 Å². The molecule has 0 atom stereocenters. The van der Waals surface area contributed by atoms with E-state index in [9.17, 15) is 36.1 Å². The molecule has 1 aromatic rings. The third-order valence-electron chi connectivity index (χ3n) is 3.82. The highest BCUT2D eigenvalue weighted by atomic mass is 32.2. The fraction of sp³-hybridized carbons (Fsp3) is 0.538. The van der Waals surface area contributed by atoms with E-state index < -0.39 is 44.1 Å². The number of nitrogens with zero attached hydrogens (tertiary/aromatic N) is 3. The van der Waals surface area contributed by atoms with Gasteiger partial charge in [0, 0.05) is 32.2 Å². The summed E-state index contributed by atoms with van der Waals surface area (Å²) in [6, 6.07) is 2.58. The van der Waals surface area contributed by atoms with Gasteiger partial charge in [0.15, 0.2) is 0 Å². The summed E-state index contributed by atoms with van der Waals surface area (Å²) in [5, 5.41) is 11.2. The molecule has 0 bridgehead atoms. The summed E-state index contributed by atoms with van der Waals surface area (Å²) in [6.07, 6.45) is -2.49. The molecule has 1 fully saturated rings. The van der Waals surface area contributed by atoms with Crippen LogP contribution in [-0.4, -0.2) is 63.1 Å². The van der Waals surface area contributed by atoms with Crippen LogP contribution >= 0.6 is 0 Å². The van der Waals surface area contributed by atoms with Crippen LogP contribution in [0.25, 0.3) is 0 Å². The zero-order chi connectivity index (χ0) is 18.8. The summed E-state index contributed by atoms with van der Waals surface area (Å²) in [6.45, 7) is 0.529. The molecule has 0 aromatic heterocycles. The van der Waals surface area contributed by atoms with Crippen molar-refractivity contribution in [2.24, 2.45) is 0 Å². The number of sulfone groups is 1. The molecule has 2 rings (SSSR count). The molecule has 0 saturated carbocycles. The zero-order valence-corrected chi connectivity index (χ0v) is 13.6. The van der Waals surface area contributed by atoms with Gasteiger partial charge in [-0.3, -0.25) is 15.0 Å². The number of benzene rings is 1. The van der Waals surface area contributed by atoms with Crippen molar-refractivity contribution < 1.29 is 30.9 Å². The number of alkyl halides is 4. The third kappa shape index (κ3) is 4.37. The predicted octanol–water partition coefficient (Wildman–Crippen LogP) is 1.98. The van der Waals surface area contributed by atoms with E-state index in [0.29, 0.717) is 6.07 Å². The van der Waals surface area contributed by atoms with Gasteiger partial charge in [0.05, 0.1) is 16.4 Å². The molecule has 0 amide bonds. The fourth-order valence-electron chi connectivity index (χ4n) is 2.56. The lowest BCUT2D eigenvalue weighted by Gasteiger charge is -2.35. The van der Waals surface area contributed by atoms with Gasteiger partial charge in [0.1, 0.15) is 5.69 Å². The smallest absolute Gasteiger partial charge is 0.341 e. The van der Waals surface area contributed by atoms with Crippen molar-refractivity contribution in [3.63, 3.8) is 0 Å². The van der Waals surface area contributed by atoms with E-state index in [2.05, 4.69) is 0 Å². The molecule has 1 saturated heterocycles. The van der Waals surface area contributed by atoms with Crippen LogP contribution in [0, 0.1) is 10.1 Å². The van der Waals surface area contributed by atoms with Crippen molar-refractivity contribution in [1.29, 1.82) is 0 Å². The maximum absolute atomic E-state index is 12.6. The van der Waals surface area contributed by atoms with Crippen molar-refractivity contribution in [2.45, 2.75) is 17.1 Å². The number of hydrogen-bond acceptors (Lipinski definition) is 6. The second-order valence-electron chi connectivity index (χ2n) is 5.39. The number of nitro groups is 1. The number of nitro benzene ring substituents is 1. The van der Waals surface area contributed by atoms with Gasteiger partial charge in [0.2, 0.25) is 9.84 Å². The third-order valence-corrected chi connectivity index (χ3v) is 5.20. The molecule has 1 aliphatic rings. The lowest BCUT2D eigenvalue weighted by Crippen LogP contribution is -2.47. The summed E-state index contributed by atoms with van der Waals surface area (Å²) in [5.41, 5.74) is -0.557. The van der Waals surface area contributed by atoms with Crippen LogP contribution in [0.3, 0.4) is 0 Å². The number of piperazine rings is 1. The number of hydrogen-bond donors (Lipinski definition) is 0. The van der Waals surface area contributed by atoms with E-state index in [0.717, 1.165) is 12.1 Å². The Morgan fingerprint density at radius 3 is 2.20 bits per heavy atom. The Morgan fingerprint density at radius 2 is 1.72 bits per heavy atom. The Kier molecular flexibility index (Phi) is 5.83. The maximum Gasteiger partial charge on any atom is 0.341 e. The first-order valence-electron chi connectivity index (χ1n) is 7.19. The molecule has 1 aromatic carbocycles. The topological polar surface area (TPSA) is 83.8 Å². The molecule has 0 aliphatic carbocycles. The number of anilines is 1. The molecule has 0 spiro atoms. The first-order chi connectivity index (χ1) is 11.6. The van der Waals surface area contributed by atoms with E-state index in [1.165, 1.54) is 4.90 Å². The minimum atomic E-state index is -4.95. The second kappa shape index (κ2) is 7.52. The maximum atomic E-state index is 12.6. The van der Waals surface area contributed by atoms with Gasteiger partial charge < -0.3 is 4.90 Å². The van der Waals surface area contributed by atoms with Crippen molar-refractivity contribution in [2.75, 3.05) is 37.6 Å². The van der Waals surface area contributed by atoms with E-state index in [-0.39, 0.29) is 31.9 Å². The molecule has 1 aliphatic heterocycles. The van der Waals surface area contributed by atoms with Crippen LogP contribution in [-0.2, 0) is 9.84 Å². The molecule has 0 N–H and O–H groups in total. The van der Waals surface area contributed by atoms with Crippen molar-refractivity contribution in [1.82, 2.24) is 4.90 Å². The van der Waals surface area contributed by atoms with Gasteiger partial charge in [-0.15, -0.1) is 0 Å². The van der Waals surface area contributed by atoms with Gasteiger partial charge in [-0.25, -0.2) is 17.2 Å². The Bertz CT molecular complexity index is 737. The summed E-state index contributed by atoms with van der Waals surface area (Å²) in [5.74, 6) is -3.68. The lowest BCUT2D eigenvalue weighted by molar-refractivity contribution is -0.384. The van der Waals surface area contributed by atoms with Crippen LogP contribution in [0.1, 0.15) is 0 Å². The fourth-order valence-corrected chi connectivity index (χ4v) is 3.30. The van der Waals surface area contributed by atoms with Gasteiger partial charge in [-0.2, -0.15) is 8.78 Å². The minimum Gasteiger partial charge on any atom is -0.363 e. The Balaban J connectivity index is 2.26. The van der Waals surface area contributed by atoms with E-state index in [1.807, 2.05) is 0 Å². The summed E-state index contributed by atoms with van der Waals surface area (Å²) in [7, 11) is -4.95. The van der Waals surface area contributed by atoms with Crippen LogP contribution in [0.2, 0.25) is 0 Å². The molecule has 25 heavy (non-hydrogen) atoms. The molecule has 1 heterocycles. The predicted molar refractivity (Wildman–Crippen MR) is 80.9 cm³/mol. The second-order valence-corrected chi connectivity index (χ2v) is 7.31. The van der Waals surface area contributed by atoms with Gasteiger partial charge >= 0.3 is 5.76 Å². The average molecular weight is 385 g/mol. The molecule has 0 radical (unpaired) electrons. The largest absolute Gasteiger partial charge is 0.363 e. The molecule has 7 nitrogen and oxygen atoms in total. The first-order valence-corrected chi connectivity index (χ1v) is 8.73. The monoisotopic (exact) mass is 385 g/mol. The number of halogens is 4. The highest BCUT2D eigenvalue weighted by Gasteiger charge is 2.31. The standard InChI is InChI=1S/C13H15F4N3O4S/c14-12(15)8-18-3-5-19(6-4-18)10-2-1-9(7-11(10)20(21)22)25(23,24)13(16)17/h1-2,7,12-13H,3-6,8H2. The Morgan fingerprint density at radius 1 is 1.12 bits per heavy atom. The minimum absolute atomic E-state index is 0.0647. The highest BCUT2D eigenvalue weighted by Crippen LogP contribution is 2.33. The van der Waals surface area contributed by atoms with Crippen LogP contribution < -0.4 is 4.90 Å². The van der Waals surface area contributed by atoms with Crippen LogP contribution in [0.4, 0.5) is 28.9 Å². The van der Waals surface area contributed by atoms with Crippen LogP contribution in [0.5, 0.6) is 0 Å². The molecule has 0 unspecified atom stereocenters. The lowest BCUT2D eigenvalue weighted by atomic mass is 10.2. The SMILES string of the molecule is O=[N+]([O-])c1cc(S(=O)(=O)C(F)F)ccc1N1CCN(CC(F)F)CC1. The molecular weight excluding hydrogens is 370 g/mol. The Hall–Kier alpha value is -1.95. The van der Waals surface area contributed by atoms with E-state index >= 15 is 0 Å². The average Bonchev–Trinajstić information content (AvgIpc) is 2.54. The zero-order valence-electron chi connectivity index (χ0n) is 12.8. The van der Waals surface area contributed by atoms with E-state index in [4.69, 9.17) is 0 Å². The molecule has 140 valence electrons. The van der Waals surface area contributed by atoms with Gasteiger partial charge in [0.25, 0.3) is 12.1 Å². The quantitative estimate of drug-likeness (QED) is 0.423. The summed E-state index contributed by atoms with van der Waals surface area (Å²) >= 11 is 0. The van der Waals surface area contributed by atoms with E-state index in [1.54, 1.807) is 4.90 Å². The number of rotatable bonds is 6. The highest BCUT2D eigenvalue weighted by molar-refractivity contribution is 7.91. The van der Waals surface area contributed by atoms with Crippen molar-refractivity contribution in [3.05, 3.63) is 28.3 Å². The Labute approximate surface area is 140 Å². The van der Waals surface area contributed by atoms with Gasteiger partial charge in [-0.1, -0.05) is 0 Å². The first kappa shape index (κ1) is 19.4. The van der Waals surface area contributed by atoms with Gasteiger partial charge in [-0.05, 0) is 12.1 Å². The molecular formula is C13H15F4N3O4S.